The van der Waals surface area contributed by atoms with E-state index in [0.717, 1.165) is 23.4 Å². The van der Waals surface area contributed by atoms with Crippen molar-refractivity contribution >= 4 is 23.2 Å². The highest BCUT2D eigenvalue weighted by Gasteiger charge is 2.35. The first kappa shape index (κ1) is 19.0. The minimum Gasteiger partial charge on any atom is -0.326 e. The highest BCUT2D eigenvalue weighted by atomic mass is 19.2. The zero-order chi connectivity index (χ0) is 19.8. The summed E-state index contributed by atoms with van der Waals surface area (Å²) in [6, 6.07) is 10.9. The first-order chi connectivity index (χ1) is 12.6. The fourth-order valence-corrected chi connectivity index (χ4v) is 3.09. The Hall–Kier alpha value is -2.76. The predicted octanol–water partition coefficient (Wildman–Crippen LogP) is 4.25. The maximum atomic E-state index is 13.3. The minimum absolute atomic E-state index is 0.0143. The van der Waals surface area contributed by atoms with Gasteiger partial charge in [0.2, 0.25) is 11.8 Å². The van der Waals surface area contributed by atoms with Crippen molar-refractivity contribution in [1.82, 2.24) is 0 Å². The molecule has 1 saturated heterocycles. The number of halogens is 2. The number of benzene rings is 2. The fourth-order valence-electron chi connectivity index (χ4n) is 3.09. The third-order valence-corrected chi connectivity index (χ3v) is 4.73. The number of amides is 2. The van der Waals surface area contributed by atoms with E-state index in [1.54, 1.807) is 4.90 Å². The van der Waals surface area contributed by atoms with Gasteiger partial charge in [-0.1, -0.05) is 32.9 Å². The molecule has 2 aromatic rings. The number of nitrogens with one attached hydrogen (secondary N) is 1. The molecule has 1 atom stereocenters. The van der Waals surface area contributed by atoms with Crippen LogP contribution in [0.5, 0.6) is 0 Å². The van der Waals surface area contributed by atoms with Crippen LogP contribution in [0, 0.1) is 17.6 Å². The smallest absolute Gasteiger partial charge is 0.229 e. The Balaban J connectivity index is 1.69. The molecular formula is C21H22F2N2O2. The number of hydrogen-bond donors (Lipinski definition) is 1. The first-order valence-corrected chi connectivity index (χ1v) is 8.82. The van der Waals surface area contributed by atoms with Gasteiger partial charge < -0.3 is 10.2 Å². The van der Waals surface area contributed by atoms with Gasteiger partial charge in [-0.3, -0.25) is 9.59 Å². The van der Waals surface area contributed by atoms with Gasteiger partial charge in [0.1, 0.15) is 0 Å². The third kappa shape index (κ3) is 4.15. The van der Waals surface area contributed by atoms with E-state index in [4.69, 9.17) is 0 Å². The number of rotatable bonds is 3. The van der Waals surface area contributed by atoms with E-state index in [2.05, 4.69) is 26.1 Å². The summed E-state index contributed by atoms with van der Waals surface area (Å²) in [5.41, 5.74) is 2.08. The van der Waals surface area contributed by atoms with Crippen LogP contribution >= 0.6 is 0 Å². The zero-order valence-corrected chi connectivity index (χ0v) is 15.6. The summed E-state index contributed by atoms with van der Waals surface area (Å²) in [6.07, 6.45) is 0.0799. The molecule has 2 aromatic carbocycles. The topological polar surface area (TPSA) is 49.4 Å². The van der Waals surface area contributed by atoms with Crippen LogP contribution in [0.1, 0.15) is 32.8 Å². The van der Waals surface area contributed by atoms with Gasteiger partial charge in [0.15, 0.2) is 11.6 Å². The quantitative estimate of drug-likeness (QED) is 0.875. The van der Waals surface area contributed by atoms with Crippen molar-refractivity contribution in [2.45, 2.75) is 32.6 Å². The van der Waals surface area contributed by atoms with Crippen molar-refractivity contribution in [2.75, 3.05) is 16.8 Å². The Morgan fingerprint density at radius 2 is 1.74 bits per heavy atom. The van der Waals surface area contributed by atoms with Gasteiger partial charge in [-0.25, -0.2) is 8.78 Å². The fraction of sp³-hybridized carbons (Fsp3) is 0.333. The standard InChI is InChI=1S/C21H22F2N2O2/c1-21(2,3)14-4-7-16(8-5-14)25-12-13(10-19(25)26)20(27)24-15-6-9-17(22)18(23)11-15/h4-9,11,13H,10,12H2,1-3H3,(H,24,27). The number of carbonyl (C=O) groups is 2. The second-order valence-corrected chi connectivity index (χ2v) is 7.82. The Kier molecular flexibility index (Phi) is 5.00. The maximum absolute atomic E-state index is 13.3. The molecule has 1 aliphatic heterocycles. The highest BCUT2D eigenvalue weighted by Crippen LogP contribution is 2.29. The summed E-state index contributed by atoms with van der Waals surface area (Å²) >= 11 is 0. The van der Waals surface area contributed by atoms with Crippen molar-refractivity contribution in [3.8, 4) is 0 Å². The van der Waals surface area contributed by atoms with Crippen molar-refractivity contribution < 1.29 is 18.4 Å². The lowest BCUT2D eigenvalue weighted by atomic mass is 9.87. The molecule has 0 saturated carbocycles. The van der Waals surface area contributed by atoms with Gasteiger partial charge in [-0.2, -0.15) is 0 Å². The molecule has 3 rings (SSSR count). The average molecular weight is 372 g/mol. The van der Waals surface area contributed by atoms with Gasteiger partial charge in [0.05, 0.1) is 5.92 Å². The van der Waals surface area contributed by atoms with Crippen molar-refractivity contribution in [1.29, 1.82) is 0 Å². The van der Waals surface area contributed by atoms with Gasteiger partial charge in [-0.05, 0) is 35.2 Å². The Bertz CT molecular complexity index is 873. The highest BCUT2D eigenvalue weighted by molar-refractivity contribution is 6.03. The second kappa shape index (κ2) is 7.10. The van der Waals surface area contributed by atoms with E-state index in [0.29, 0.717) is 0 Å². The number of anilines is 2. The second-order valence-electron chi connectivity index (χ2n) is 7.82. The van der Waals surface area contributed by atoms with Gasteiger partial charge in [-0.15, -0.1) is 0 Å². The molecule has 1 N–H and O–H groups in total. The van der Waals surface area contributed by atoms with Gasteiger partial charge >= 0.3 is 0 Å². The van der Waals surface area contributed by atoms with E-state index >= 15 is 0 Å². The molecule has 6 heteroatoms. The molecule has 1 unspecified atom stereocenters. The summed E-state index contributed by atoms with van der Waals surface area (Å²) in [6.45, 7) is 6.59. The Labute approximate surface area is 157 Å². The number of hydrogen-bond acceptors (Lipinski definition) is 2. The van der Waals surface area contributed by atoms with Crippen LogP contribution in [0.4, 0.5) is 20.2 Å². The van der Waals surface area contributed by atoms with Crippen LogP contribution in [-0.4, -0.2) is 18.4 Å². The summed E-state index contributed by atoms with van der Waals surface area (Å²) < 4.78 is 26.3. The lowest BCUT2D eigenvalue weighted by molar-refractivity contribution is -0.122. The molecule has 2 amide bonds. The molecule has 27 heavy (non-hydrogen) atoms. The van der Waals surface area contributed by atoms with Crippen molar-refractivity contribution in [3.63, 3.8) is 0 Å². The monoisotopic (exact) mass is 372 g/mol. The van der Waals surface area contributed by atoms with E-state index < -0.39 is 17.6 Å². The SMILES string of the molecule is CC(C)(C)c1ccc(N2CC(C(=O)Nc3ccc(F)c(F)c3)CC2=O)cc1. The van der Waals surface area contributed by atoms with Crippen molar-refractivity contribution in [2.24, 2.45) is 5.92 Å². The Morgan fingerprint density at radius 3 is 2.33 bits per heavy atom. The molecule has 0 aliphatic carbocycles. The minimum atomic E-state index is -1.03. The molecule has 0 aromatic heterocycles. The van der Waals surface area contributed by atoms with E-state index in [1.807, 2.05) is 24.3 Å². The van der Waals surface area contributed by atoms with E-state index in [9.17, 15) is 18.4 Å². The molecule has 0 bridgehead atoms. The molecule has 1 aliphatic rings. The molecule has 1 fully saturated rings. The lowest BCUT2D eigenvalue weighted by Crippen LogP contribution is -2.28. The molecule has 142 valence electrons. The van der Waals surface area contributed by atoms with Crippen LogP contribution in [0.15, 0.2) is 42.5 Å². The molecule has 0 spiro atoms. The summed E-state index contributed by atoms with van der Waals surface area (Å²) in [7, 11) is 0. The summed E-state index contributed by atoms with van der Waals surface area (Å²) in [5.74, 6) is -3.08. The first-order valence-electron chi connectivity index (χ1n) is 8.82. The molecular weight excluding hydrogens is 350 g/mol. The lowest BCUT2D eigenvalue weighted by Gasteiger charge is -2.21. The van der Waals surface area contributed by atoms with Crippen molar-refractivity contribution in [3.05, 3.63) is 59.7 Å². The third-order valence-electron chi connectivity index (χ3n) is 4.73. The largest absolute Gasteiger partial charge is 0.326 e. The molecule has 4 nitrogen and oxygen atoms in total. The van der Waals surface area contributed by atoms with Gasteiger partial charge in [0.25, 0.3) is 0 Å². The van der Waals surface area contributed by atoms with E-state index in [-0.39, 0.29) is 35.9 Å². The Morgan fingerprint density at radius 1 is 1.07 bits per heavy atom. The summed E-state index contributed by atoms with van der Waals surface area (Å²) in [4.78, 5) is 26.4. The van der Waals surface area contributed by atoms with Crippen LogP contribution in [0.3, 0.4) is 0 Å². The molecule has 1 heterocycles. The zero-order valence-electron chi connectivity index (χ0n) is 15.6. The average Bonchev–Trinajstić information content (AvgIpc) is 2.99. The normalized spacial score (nSPS) is 17.3. The number of carbonyl (C=O) groups excluding carboxylic acids is 2. The number of nitrogens with zero attached hydrogens (tertiary/aromatic N) is 1. The summed E-state index contributed by atoms with van der Waals surface area (Å²) in [5, 5.41) is 2.55. The van der Waals surface area contributed by atoms with Crippen LogP contribution in [-0.2, 0) is 15.0 Å². The van der Waals surface area contributed by atoms with Crippen LogP contribution < -0.4 is 10.2 Å². The molecule has 0 radical (unpaired) electrons. The van der Waals surface area contributed by atoms with Crippen LogP contribution in [0.25, 0.3) is 0 Å². The maximum Gasteiger partial charge on any atom is 0.229 e. The van der Waals surface area contributed by atoms with Gasteiger partial charge in [0, 0.05) is 30.4 Å². The predicted molar refractivity (Wildman–Crippen MR) is 101 cm³/mol. The van der Waals surface area contributed by atoms with E-state index in [1.165, 1.54) is 6.07 Å². The van der Waals surface area contributed by atoms with Crippen LogP contribution in [0.2, 0.25) is 0 Å².